The van der Waals surface area contributed by atoms with Crippen molar-refractivity contribution < 1.29 is 9.90 Å². The third-order valence-corrected chi connectivity index (χ3v) is 1.74. The van der Waals surface area contributed by atoms with E-state index in [9.17, 15) is 9.90 Å². The highest BCUT2D eigenvalue weighted by molar-refractivity contribution is 5.92. The molecule has 0 radical (unpaired) electrons. The molecular weight excluding hydrogens is 178 g/mol. The number of anilines is 1. The number of carbonyl (C=O) groups is 1. The van der Waals surface area contributed by atoms with Gasteiger partial charge in [0.2, 0.25) is 5.91 Å². The van der Waals surface area contributed by atoms with Crippen molar-refractivity contribution in [3.05, 3.63) is 23.8 Å². The van der Waals surface area contributed by atoms with Crippen LogP contribution < -0.4 is 5.32 Å². The molecule has 0 spiro atoms. The van der Waals surface area contributed by atoms with Crippen LogP contribution in [0.5, 0.6) is 5.75 Å². The Morgan fingerprint density at radius 3 is 2.93 bits per heavy atom. The molecule has 72 valence electrons. The molecule has 0 aliphatic heterocycles. The van der Waals surface area contributed by atoms with Gasteiger partial charge in [0.05, 0.1) is 6.42 Å². The number of aryl methyl sites for hydroxylation is 1. The Kier molecular flexibility index (Phi) is 3.14. The number of carbonyl (C=O) groups excluding carboxylic acids is 1. The van der Waals surface area contributed by atoms with Gasteiger partial charge in [-0.25, -0.2) is 0 Å². The minimum atomic E-state index is -0.224. The predicted molar refractivity (Wildman–Crippen MR) is 54.9 cm³/mol. The first kappa shape index (κ1) is 10.1. The average Bonchev–Trinajstić information content (AvgIpc) is 2.12. The number of rotatable bonds is 2. The third-order valence-electron chi connectivity index (χ3n) is 1.74. The lowest BCUT2D eigenvalue weighted by molar-refractivity contribution is -0.115. The van der Waals surface area contributed by atoms with E-state index in [0.717, 1.165) is 0 Å². The molecule has 2 N–H and O–H groups in total. The van der Waals surface area contributed by atoms with Crippen LogP contribution >= 0.6 is 0 Å². The summed E-state index contributed by atoms with van der Waals surface area (Å²) in [5, 5.41) is 11.9. The van der Waals surface area contributed by atoms with Crippen molar-refractivity contribution in [2.45, 2.75) is 13.3 Å². The smallest absolute Gasteiger partial charge is 0.236 e. The van der Waals surface area contributed by atoms with Gasteiger partial charge in [0.15, 0.2) is 0 Å². The first-order valence-electron chi connectivity index (χ1n) is 4.16. The Morgan fingerprint density at radius 1 is 1.64 bits per heavy atom. The number of aromatic hydroxyl groups is 1. The number of benzene rings is 1. The minimum Gasteiger partial charge on any atom is -0.508 e. The van der Waals surface area contributed by atoms with Crippen LogP contribution in [0.3, 0.4) is 0 Å². The molecule has 1 aromatic rings. The minimum absolute atomic E-state index is 0.0555. The molecule has 0 atom stereocenters. The second-order valence-electron chi connectivity index (χ2n) is 2.93. The van der Waals surface area contributed by atoms with Gasteiger partial charge in [0.1, 0.15) is 5.75 Å². The molecule has 1 aromatic carbocycles. The highest BCUT2D eigenvalue weighted by Gasteiger charge is 2.01. The van der Waals surface area contributed by atoms with Crippen molar-refractivity contribution in [1.82, 2.24) is 0 Å². The molecule has 3 heteroatoms. The average molecular weight is 189 g/mol. The molecule has 0 saturated carbocycles. The van der Waals surface area contributed by atoms with Gasteiger partial charge in [0.25, 0.3) is 0 Å². The SMILES string of the molecule is C#CCC(=O)Nc1ccc(O)c(C)c1. The molecule has 0 heterocycles. The summed E-state index contributed by atoms with van der Waals surface area (Å²) in [6, 6.07) is 4.83. The summed E-state index contributed by atoms with van der Waals surface area (Å²) < 4.78 is 0. The van der Waals surface area contributed by atoms with Gasteiger partial charge in [-0.05, 0) is 30.7 Å². The van der Waals surface area contributed by atoms with Crippen molar-refractivity contribution >= 4 is 11.6 Å². The molecule has 0 unspecified atom stereocenters. The summed E-state index contributed by atoms with van der Waals surface area (Å²) in [4.78, 5) is 11.1. The monoisotopic (exact) mass is 189 g/mol. The predicted octanol–water partition coefficient (Wildman–Crippen LogP) is 1.66. The lowest BCUT2D eigenvalue weighted by Gasteiger charge is -2.04. The number of hydrogen-bond acceptors (Lipinski definition) is 2. The van der Waals surface area contributed by atoms with Gasteiger partial charge in [-0.1, -0.05) is 5.92 Å². The number of phenolic OH excluding ortho intramolecular Hbond substituents is 1. The molecule has 14 heavy (non-hydrogen) atoms. The van der Waals surface area contributed by atoms with E-state index in [2.05, 4.69) is 11.2 Å². The van der Waals surface area contributed by atoms with Crippen LogP contribution in [0.2, 0.25) is 0 Å². The topological polar surface area (TPSA) is 49.3 Å². The molecule has 3 nitrogen and oxygen atoms in total. The van der Waals surface area contributed by atoms with Gasteiger partial charge >= 0.3 is 0 Å². The maximum Gasteiger partial charge on any atom is 0.236 e. The molecule has 1 rings (SSSR count). The zero-order valence-corrected chi connectivity index (χ0v) is 7.87. The van der Waals surface area contributed by atoms with E-state index < -0.39 is 0 Å². The molecule has 0 aliphatic rings. The highest BCUT2D eigenvalue weighted by atomic mass is 16.3. The highest BCUT2D eigenvalue weighted by Crippen LogP contribution is 2.19. The molecule has 1 amide bonds. The van der Waals surface area contributed by atoms with E-state index in [0.29, 0.717) is 11.3 Å². The van der Waals surface area contributed by atoms with E-state index >= 15 is 0 Å². The molecule has 0 bridgehead atoms. The number of terminal acetylenes is 1. The fourth-order valence-electron chi connectivity index (χ4n) is 1.03. The van der Waals surface area contributed by atoms with E-state index in [1.54, 1.807) is 19.1 Å². The molecule has 0 fully saturated rings. The van der Waals surface area contributed by atoms with Crippen LogP contribution in [0.1, 0.15) is 12.0 Å². The van der Waals surface area contributed by atoms with Gasteiger partial charge in [0, 0.05) is 5.69 Å². The quantitative estimate of drug-likeness (QED) is 0.549. The van der Waals surface area contributed by atoms with Crippen molar-refractivity contribution in [2.75, 3.05) is 5.32 Å². The maximum absolute atomic E-state index is 11.1. The second-order valence-corrected chi connectivity index (χ2v) is 2.93. The molecule has 0 aromatic heterocycles. The summed E-state index contributed by atoms with van der Waals surface area (Å²) >= 11 is 0. The van der Waals surface area contributed by atoms with Gasteiger partial charge in [-0.2, -0.15) is 0 Å². The Bertz CT molecular complexity index is 391. The number of amides is 1. The van der Waals surface area contributed by atoms with Crippen molar-refractivity contribution in [3.8, 4) is 18.1 Å². The second kappa shape index (κ2) is 4.33. The summed E-state index contributed by atoms with van der Waals surface area (Å²) in [6.07, 6.45) is 5.04. The van der Waals surface area contributed by atoms with E-state index in [4.69, 9.17) is 6.42 Å². The number of phenols is 1. The summed E-state index contributed by atoms with van der Waals surface area (Å²) in [7, 11) is 0. The van der Waals surface area contributed by atoms with Crippen LogP contribution in [-0.4, -0.2) is 11.0 Å². The normalized spacial score (nSPS) is 9.14. The number of hydrogen-bond donors (Lipinski definition) is 2. The van der Waals surface area contributed by atoms with Crippen LogP contribution in [0.25, 0.3) is 0 Å². The third kappa shape index (κ3) is 2.53. The van der Waals surface area contributed by atoms with E-state index in [1.165, 1.54) is 6.07 Å². The molecular formula is C11H11NO2. The largest absolute Gasteiger partial charge is 0.508 e. The lowest BCUT2D eigenvalue weighted by Crippen LogP contribution is -2.09. The van der Waals surface area contributed by atoms with Crippen molar-refractivity contribution in [1.29, 1.82) is 0 Å². The van der Waals surface area contributed by atoms with Crippen LogP contribution in [-0.2, 0) is 4.79 Å². The molecule has 0 saturated heterocycles. The van der Waals surface area contributed by atoms with Gasteiger partial charge in [-0.3, -0.25) is 4.79 Å². The first-order valence-corrected chi connectivity index (χ1v) is 4.16. The van der Waals surface area contributed by atoms with Crippen molar-refractivity contribution in [3.63, 3.8) is 0 Å². The summed E-state index contributed by atoms with van der Waals surface area (Å²) in [5.74, 6) is 2.24. The summed E-state index contributed by atoms with van der Waals surface area (Å²) in [6.45, 7) is 1.76. The first-order chi connectivity index (χ1) is 6.63. The van der Waals surface area contributed by atoms with E-state index in [-0.39, 0.29) is 18.1 Å². The number of nitrogens with one attached hydrogen (secondary N) is 1. The maximum atomic E-state index is 11.1. The zero-order chi connectivity index (χ0) is 10.6. The fraction of sp³-hybridized carbons (Fsp3) is 0.182. The van der Waals surface area contributed by atoms with Crippen LogP contribution in [0.4, 0.5) is 5.69 Å². The zero-order valence-electron chi connectivity index (χ0n) is 7.87. The Morgan fingerprint density at radius 2 is 2.36 bits per heavy atom. The van der Waals surface area contributed by atoms with Crippen LogP contribution in [0.15, 0.2) is 18.2 Å². The standard InChI is InChI=1S/C11H11NO2/c1-3-4-11(14)12-9-5-6-10(13)8(2)7-9/h1,5-7,13H,4H2,2H3,(H,12,14). The van der Waals surface area contributed by atoms with Crippen LogP contribution in [0, 0.1) is 19.3 Å². The summed E-state index contributed by atoms with van der Waals surface area (Å²) in [5.41, 5.74) is 1.35. The van der Waals surface area contributed by atoms with Gasteiger partial charge < -0.3 is 10.4 Å². The van der Waals surface area contributed by atoms with Gasteiger partial charge in [-0.15, -0.1) is 6.42 Å². The van der Waals surface area contributed by atoms with Crippen molar-refractivity contribution in [2.24, 2.45) is 0 Å². The Balaban J connectivity index is 2.74. The Hall–Kier alpha value is -1.95. The Labute approximate surface area is 82.8 Å². The van der Waals surface area contributed by atoms with E-state index in [1.807, 2.05) is 0 Å². The molecule has 0 aliphatic carbocycles. The lowest BCUT2D eigenvalue weighted by atomic mass is 10.2. The fourth-order valence-corrected chi connectivity index (χ4v) is 1.03.